The van der Waals surface area contributed by atoms with Gasteiger partial charge in [-0.2, -0.15) is 0 Å². The van der Waals surface area contributed by atoms with Crippen molar-refractivity contribution in [2.75, 3.05) is 0 Å². The molecule has 84 valence electrons. The van der Waals surface area contributed by atoms with Crippen LogP contribution in [0.1, 0.15) is 33.6 Å². The van der Waals surface area contributed by atoms with Gasteiger partial charge in [-0.25, -0.2) is 0 Å². The van der Waals surface area contributed by atoms with Crippen molar-refractivity contribution in [2.45, 2.75) is 51.4 Å². The molecule has 1 saturated heterocycles. The van der Waals surface area contributed by atoms with Crippen molar-refractivity contribution in [3.05, 3.63) is 12.2 Å². The van der Waals surface area contributed by atoms with Gasteiger partial charge >= 0.3 is 5.97 Å². The van der Waals surface area contributed by atoms with Crippen molar-refractivity contribution in [2.24, 2.45) is 5.92 Å². The summed E-state index contributed by atoms with van der Waals surface area (Å²) < 4.78 is 11.0. The van der Waals surface area contributed by atoms with Crippen molar-refractivity contribution in [3.8, 4) is 0 Å². The molecule has 0 radical (unpaired) electrons. The zero-order valence-corrected chi connectivity index (χ0v) is 9.53. The predicted octanol–water partition coefficient (Wildman–Crippen LogP) is 2.06. The molecule has 0 N–H and O–H groups in total. The predicted molar refractivity (Wildman–Crippen MR) is 56.4 cm³/mol. The van der Waals surface area contributed by atoms with E-state index in [-0.39, 0.29) is 17.7 Å². The van der Waals surface area contributed by atoms with Crippen molar-refractivity contribution in [1.29, 1.82) is 0 Å². The third-order valence-corrected chi connectivity index (χ3v) is 3.02. The van der Waals surface area contributed by atoms with E-state index >= 15 is 0 Å². The van der Waals surface area contributed by atoms with Gasteiger partial charge in [-0.3, -0.25) is 4.79 Å². The van der Waals surface area contributed by atoms with Gasteiger partial charge in [0.25, 0.3) is 0 Å². The molecule has 0 spiro atoms. The lowest BCUT2D eigenvalue weighted by Crippen LogP contribution is -2.32. The highest BCUT2D eigenvalue weighted by Gasteiger charge is 2.40. The second kappa shape index (κ2) is 3.63. The third-order valence-electron chi connectivity index (χ3n) is 3.02. The Balaban J connectivity index is 1.91. The fourth-order valence-electron chi connectivity index (χ4n) is 2.62. The largest absolute Gasteiger partial charge is 0.460 e. The molecule has 2 bridgehead atoms. The van der Waals surface area contributed by atoms with Crippen LogP contribution >= 0.6 is 0 Å². The maximum atomic E-state index is 10.9. The molecule has 15 heavy (non-hydrogen) atoms. The first-order valence-corrected chi connectivity index (χ1v) is 5.50. The average Bonchev–Trinajstić information content (AvgIpc) is 2.60. The zero-order chi connectivity index (χ0) is 11.1. The summed E-state index contributed by atoms with van der Waals surface area (Å²) >= 11 is 0. The van der Waals surface area contributed by atoms with Crippen LogP contribution in [0.3, 0.4) is 0 Å². The van der Waals surface area contributed by atoms with E-state index < -0.39 is 0 Å². The Kier molecular flexibility index (Phi) is 2.59. The minimum absolute atomic E-state index is 0.209. The average molecular weight is 210 g/mol. The normalized spacial score (nSPS) is 33.4. The summed E-state index contributed by atoms with van der Waals surface area (Å²) in [5.41, 5.74) is -0.377. The van der Waals surface area contributed by atoms with Crippen molar-refractivity contribution >= 4 is 5.97 Å². The fourth-order valence-corrected chi connectivity index (χ4v) is 2.62. The monoisotopic (exact) mass is 210 g/mol. The van der Waals surface area contributed by atoms with Crippen LogP contribution in [0.25, 0.3) is 0 Å². The molecule has 3 atom stereocenters. The number of hydrogen-bond donors (Lipinski definition) is 0. The number of carbonyl (C=O) groups is 1. The number of fused-ring (bicyclic) bond motifs is 2. The van der Waals surface area contributed by atoms with Gasteiger partial charge in [0.1, 0.15) is 5.60 Å². The van der Waals surface area contributed by atoms with Gasteiger partial charge in [-0.05, 0) is 32.6 Å². The summed E-state index contributed by atoms with van der Waals surface area (Å²) in [6.45, 7) is 5.38. The van der Waals surface area contributed by atoms with Gasteiger partial charge in [-0.15, -0.1) is 0 Å². The molecule has 0 amide bonds. The fraction of sp³-hybridized carbons (Fsp3) is 0.750. The standard InChI is InChI=1S/C12H18O3/c1-8(13)15-12(2,3)7-9-6-10-4-5-11(9)14-10/h4-5,9-11H,6-7H2,1-3H3. The minimum atomic E-state index is -0.377. The first-order valence-electron chi connectivity index (χ1n) is 5.50. The van der Waals surface area contributed by atoms with E-state index in [9.17, 15) is 4.79 Å². The molecule has 3 nitrogen and oxygen atoms in total. The van der Waals surface area contributed by atoms with E-state index in [1.54, 1.807) is 0 Å². The Bertz CT molecular complexity index is 293. The molecule has 2 aliphatic rings. The van der Waals surface area contributed by atoms with Crippen LogP contribution in [-0.4, -0.2) is 23.8 Å². The van der Waals surface area contributed by atoms with E-state index in [0.29, 0.717) is 12.0 Å². The summed E-state index contributed by atoms with van der Waals surface area (Å²) in [5, 5.41) is 0. The number of carbonyl (C=O) groups excluding carboxylic acids is 1. The van der Waals surface area contributed by atoms with Crippen LogP contribution in [-0.2, 0) is 14.3 Å². The van der Waals surface area contributed by atoms with Gasteiger partial charge in [0, 0.05) is 6.92 Å². The highest BCUT2D eigenvalue weighted by Crippen LogP contribution is 2.38. The van der Waals surface area contributed by atoms with E-state index in [1.165, 1.54) is 6.92 Å². The quantitative estimate of drug-likeness (QED) is 0.528. The first-order chi connectivity index (χ1) is 6.96. The first kappa shape index (κ1) is 10.7. The molecule has 2 heterocycles. The van der Waals surface area contributed by atoms with Crippen molar-refractivity contribution in [1.82, 2.24) is 0 Å². The van der Waals surface area contributed by atoms with Crippen LogP contribution in [0.15, 0.2) is 12.2 Å². The lowest BCUT2D eigenvalue weighted by molar-refractivity contribution is -0.155. The van der Waals surface area contributed by atoms with Crippen molar-refractivity contribution in [3.63, 3.8) is 0 Å². The topological polar surface area (TPSA) is 35.5 Å². The van der Waals surface area contributed by atoms with Crippen LogP contribution in [0.5, 0.6) is 0 Å². The van der Waals surface area contributed by atoms with Crippen LogP contribution in [0.4, 0.5) is 0 Å². The molecule has 0 aliphatic carbocycles. The molecule has 3 unspecified atom stereocenters. The lowest BCUT2D eigenvalue weighted by atomic mass is 9.85. The summed E-state index contributed by atoms with van der Waals surface area (Å²) in [5.74, 6) is 0.286. The van der Waals surface area contributed by atoms with E-state index in [1.807, 2.05) is 13.8 Å². The second-order valence-corrected chi connectivity index (χ2v) is 5.08. The van der Waals surface area contributed by atoms with Gasteiger partial charge in [0.05, 0.1) is 12.2 Å². The Labute approximate surface area is 90.4 Å². The van der Waals surface area contributed by atoms with Gasteiger partial charge in [0.2, 0.25) is 0 Å². The number of esters is 1. The minimum Gasteiger partial charge on any atom is -0.460 e. The molecule has 0 aromatic rings. The SMILES string of the molecule is CC(=O)OC(C)(C)CC1CC2C=CC1O2. The molecule has 0 aromatic carbocycles. The molecule has 1 fully saturated rings. The van der Waals surface area contributed by atoms with Gasteiger partial charge in [0.15, 0.2) is 0 Å². The van der Waals surface area contributed by atoms with E-state index in [0.717, 1.165) is 12.8 Å². The molecule has 2 aliphatic heterocycles. The van der Waals surface area contributed by atoms with E-state index in [4.69, 9.17) is 9.47 Å². The molecular weight excluding hydrogens is 192 g/mol. The van der Waals surface area contributed by atoms with Crippen molar-refractivity contribution < 1.29 is 14.3 Å². The van der Waals surface area contributed by atoms with Gasteiger partial charge in [-0.1, -0.05) is 12.2 Å². The molecule has 0 saturated carbocycles. The highest BCUT2D eigenvalue weighted by molar-refractivity contribution is 5.66. The maximum absolute atomic E-state index is 10.9. The van der Waals surface area contributed by atoms with Gasteiger partial charge < -0.3 is 9.47 Å². The second-order valence-electron chi connectivity index (χ2n) is 5.08. The molecular formula is C12H18O3. The summed E-state index contributed by atoms with van der Waals surface area (Å²) in [6.07, 6.45) is 6.73. The third kappa shape index (κ3) is 2.40. The van der Waals surface area contributed by atoms with Crippen LogP contribution < -0.4 is 0 Å². The molecule has 2 rings (SSSR count). The van der Waals surface area contributed by atoms with Crippen LogP contribution in [0.2, 0.25) is 0 Å². The number of hydrogen-bond acceptors (Lipinski definition) is 3. The van der Waals surface area contributed by atoms with E-state index in [2.05, 4.69) is 12.2 Å². The lowest BCUT2D eigenvalue weighted by Gasteiger charge is -2.29. The highest BCUT2D eigenvalue weighted by atomic mass is 16.6. The Morgan fingerprint density at radius 3 is 2.73 bits per heavy atom. The Morgan fingerprint density at radius 1 is 1.53 bits per heavy atom. The van der Waals surface area contributed by atoms with Crippen LogP contribution in [0, 0.1) is 5.92 Å². The Morgan fingerprint density at radius 2 is 2.27 bits per heavy atom. The summed E-state index contributed by atoms with van der Waals surface area (Å²) in [4.78, 5) is 10.9. The number of ether oxygens (including phenoxy) is 2. The zero-order valence-electron chi connectivity index (χ0n) is 9.53. The Hall–Kier alpha value is -0.830. The summed E-state index contributed by atoms with van der Waals surface area (Å²) in [7, 11) is 0. The maximum Gasteiger partial charge on any atom is 0.303 e. The smallest absolute Gasteiger partial charge is 0.303 e. The molecule has 3 heteroatoms. The summed E-state index contributed by atoms with van der Waals surface area (Å²) in [6, 6.07) is 0. The molecule has 0 aromatic heterocycles. The number of rotatable bonds is 3.